The molecule has 0 radical (unpaired) electrons. The van der Waals surface area contributed by atoms with Crippen molar-refractivity contribution in [2.24, 2.45) is 0 Å². The van der Waals surface area contributed by atoms with Crippen LogP contribution in [-0.4, -0.2) is 62.2 Å². The lowest BCUT2D eigenvalue weighted by Crippen LogP contribution is -2.61. The van der Waals surface area contributed by atoms with Gasteiger partial charge in [0.2, 0.25) is 6.29 Å². The van der Waals surface area contributed by atoms with E-state index in [0.29, 0.717) is 5.56 Å². The molecular formula is C13H16O8. The van der Waals surface area contributed by atoms with Crippen LogP contribution in [0.3, 0.4) is 0 Å². The second-order valence-electron chi connectivity index (χ2n) is 4.62. The van der Waals surface area contributed by atoms with Crippen molar-refractivity contribution in [3.63, 3.8) is 0 Å². The molecule has 1 heterocycles. The summed E-state index contributed by atoms with van der Waals surface area (Å²) in [5, 5.41) is 47.1. The summed E-state index contributed by atoms with van der Waals surface area (Å²) >= 11 is 0. The molecule has 8 nitrogen and oxygen atoms in total. The van der Waals surface area contributed by atoms with Crippen molar-refractivity contribution in [1.29, 1.82) is 0 Å². The third-order valence-corrected chi connectivity index (χ3v) is 3.20. The largest absolute Gasteiger partial charge is 0.479 e. The molecule has 1 aliphatic heterocycles. The number of aliphatic hydroxyl groups is 4. The quantitative estimate of drug-likeness (QED) is 0.451. The summed E-state index contributed by atoms with van der Waals surface area (Å²) in [4.78, 5) is 11.0. The molecule has 0 amide bonds. The van der Waals surface area contributed by atoms with E-state index in [1.54, 1.807) is 18.2 Å². The molecule has 1 saturated heterocycles. The van der Waals surface area contributed by atoms with Gasteiger partial charge >= 0.3 is 5.97 Å². The van der Waals surface area contributed by atoms with Crippen LogP contribution in [0.4, 0.5) is 0 Å². The topological polar surface area (TPSA) is 137 Å². The van der Waals surface area contributed by atoms with E-state index in [2.05, 4.69) is 0 Å². The van der Waals surface area contributed by atoms with Crippen LogP contribution in [-0.2, 0) is 16.1 Å². The number of carboxylic acids is 1. The average molecular weight is 300 g/mol. The fraction of sp³-hybridized carbons (Fsp3) is 0.462. The standard InChI is InChI=1S/C13H16O8/c14-5-6-3-1-2-4-7(6)20-13-10(17)8(15)9(16)11(21-13)12(18)19/h1-4,8-11,13-17H,5H2,(H,18,19)/t8-,9-,10+,11-,13?/m0/s1. The lowest BCUT2D eigenvalue weighted by molar-refractivity contribution is -0.271. The van der Waals surface area contributed by atoms with E-state index in [0.717, 1.165) is 0 Å². The van der Waals surface area contributed by atoms with Crippen molar-refractivity contribution in [2.45, 2.75) is 37.3 Å². The Kier molecular flexibility index (Phi) is 4.76. The second-order valence-corrected chi connectivity index (χ2v) is 4.62. The number of para-hydroxylation sites is 1. The van der Waals surface area contributed by atoms with Gasteiger partial charge in [0.25, 0.3) is 0 Å². The molecule has 0 saturated carbocycles. The summed E-state index contributed by atoms with van der Waals surface area (Å²) < 4.78 is 10.3. The van der Waals surface area contributed by atoms with Gasteiger partial charge in [-0.15, -0.1) is 0 Å². The molecule has 1 unspecified atom stereocenters. The Labute approximate surface area is 119 Å². The minimum Gasteiger partial charge on any atom is -0.479 e. The molecule has 5 N–H and O–H groups in total. The molecule has 0 aromatic heterocycles. The lowest BCUT2D eigenvalue weighted by atomic mass is 9.99. The minimum absolute atomic E-state index is 0.178. The Morgan fingerprint density at radius 3 is 2.43 bits per heavy atom. The van der Waals surface area contributed by atoms with E-state index >= 15 is 0 Å². The van der Waals surface area contributed by atoms with E-state index < -0.39 is 36.7 Å². The van der Waals surface area contributed by atoms with Gasteiger partial charge in [-0.05, 0) is 6.07 Å². The first-order chi connectivity index (χ1) is 9.95. The van der Waals surface area contributed by atoms with Crippen LogP contribution in [0.25, 0.3) is 0 Å². The third kappa shape index (κ3) is 3.14. The van der Waals surface area contributed by atoms with Gasteiger partial charge in [-0.25, -0.2) is 4.79 Å². The average Bonchev–Trinajstić information content (AvgIpc) is 2.48. The van der Waals surface area contributed by atoms with Crippen LogP contribution in [0.5, 0.6) is 5.75 Å². The van der Waals surface area contributed by atoms with Crippen molar-refractivity contribution in [1.82, 2.24) is 0 Å². The smallest absolute Gasteiger partial charge is 0.335 e. The number of ether oxygens (including phenoxy) is 2. The summed E-state index contributed by atoms with van der Waals surface area (Å²) in [7, 11) is 0. The van der Waals surface area contributed by atoms with E-state index in [1.165, 1.54) is 6.07 Å². The van der Waals surface area contributed by atoms with E-state index in [-0.39, 0.29) is 12.4 Å². The number of rotatable bonds is 4. The molecule has 1 fully saturated rings. The Balaban J connectivity index is 2.20. The van der Waals surface area contributed by atoms with E-state index in [4.69, 9.17) is 14.6 Å². The first-order valence-electron chi connectivity index (χ1n) is 6.23. The van der Waals surface area contributed by atoms with Crippen LogP contribution in [0, 0.1) is 0 Å². The molecule has 8 heteroatoms. The zero-order valence-electron chi connectivity index (χ0n) is 10.9. The summed E-state index contributed by atoms with van der Waals surface area (Å²) in [5.74, 6) is -1.31. The predicted octanol–water partition coefficient (Wildman–Crippen LogP) is -1.55. The number of carboxylic acid groups (broad SMARTS) is 1. The third-order valence-electron chi connectivity index (χ3n) is 3.20. The van der Waals surface area contributed by atoms with Crippen molar-refractivity contribution < 1.29 is 39.8 Å². The molecule has 21 heavy (non-hydrogen) atoms. The number of benzene rings is 1. The van der Waals surface area contributed by atoms with Crippen LogP contribution >= 0.6 is 0 Å². The fourth-order valence-corrected chi connectivity index (χ4v) is 2.02. The van der Waals surface area contributed by atoms with Gasteiger partial charge < -0.3 is 35.0 Å². The first-order valence-corrected chi connectivity index (χ1v) is 6.23. The number of aliphatic carboxylic acids is 1. The first kappa shape index (κ1) is 15.7. The normalized spacial score (nSPS) is 32.7. The van der Waals surface area contributed by atoms with Crippen LogP contribution in [0.15, 0.2) is 24.3 Å². The molecule has 116 valence electrons. The molecule has 0 aliphatic carbocycles. The lowest BCUT2D eigenvalue weighted by Gasteiger charge is -2.38. The zero-order valence-corrected chi connectivity index (χ0v) is 10.9. The Morgan fingerprint density at radius 1 is 1.14 bits per heavy atom. The highest BCUT2D eigenvalue weighted by Gasteiger charge is 2.48. The van der Waals surface area contributed by atoms with E-state index in [9.17, 15) is 25.2 Å². The monoisotopic (exact) mass is 300 g/mol. The van der Waals surface area contributed by atoms with Crippen molar-refractivity contribution in [2.75, 3.05) is 0 Å². The summed E-state index contributed by atoms with van der Waals surface area (Å²) in [6.07, 6.45) is -8.36. The molecule has 0 spiro atoms. The van der Waals surface area contributed by atoms with Gasteiger partial charge in [-0.3, -0.25) is 0 Å². The van der Waals surface area contributed by atoms with Gasteiger partial charge in [0.05, 0.1) is 6.61 Å². The highest BCUT2D eigenvalue weighted by Crippen LogP contribution is 2.26. The number of aliphatic hydroxyl groups excluding tert-OH is 4. The van der Waals surface area contributed by atoms with Gasteiger partial charge in [0.1, 0.15) is 24.1 Å². The predicted molar refractivity (Wildman–Crippen MR) is 67.3 cm³/mol. The second kappa shape index (κ2) is 6.37. The number of carbonyl (C=O) groups is 1. The number of hydrogen-bond donors (Lipinski definition) is 5. The van der Waals surface area contributed by atoms with Gasteiger partial charge in [0, 0.05) is 5.56 Å². The minimum atomic E-state index is -1.77. The fourth-order valence-electron chi connectivity index (χ4n) is 2.02. The molecule has 1 aliphatic rings. The molecular weight excluding hydrogens is 284 g/mol. The van der Waals surface area contributed by atoms with Gasteiger partial charge in [0.15, 0.2) is 6.10 Å². The summed E-state index contributed by atoms with van der Waals surface area (Å²) in [5.41, 5.74) is 0.404. The van der Waals surface area contributed by atoms with Gasteiger partial charge in [-0.1, -0.05) is 18.2 Å². The van der Waals surface area contributed by atoms with E-state index in [1.807, 2.05) is 0 Å². The van der Waals surface area contributed by atoms with Crippen LogP contribution in [0.1, 0.15) is 5.56 Å². The Hall–Kier alpha value is -1.71. The van der Waals surface area contributed by atoms with Crippen LogP contribution in [0.2, 0.25) is 0 Å². The maximum Gasteiger partial charge on any atom is 0.335 e. The van der Waals surface area contributed by atoms with Crippen molar-refractivity contribution >= 4 is 5.97 Å². The highest BCUT2D eigenvalue weighted by atomic mass is 16.7. The summed E-state index contributed by atoms with van der Waals surface area (Å²) in [6, 6.07) is 6.35. The van der Waals surface area contributed by atoms with Crippen molar-refractivity contribution in [3.05, 3.63) is 29.8 Å². The zero-order chi connectivity index (χ0) is 15.6. The van der Waals surface area contributed by atoms with Crippen molar-refractivity contribution in [3.8, 4) is 5.75 Å². The molecule has 5 atom stereocenters. The van der Waals surface area contributed by atoms with Crippen LogP contribution < -0.4 is 4.74 Å². The maximum absolute atomic E-state index is 11.0. The molecule has 1 aromatic carbocycles. The van der Waals surface area contributed by atoms with Gasteiger partial charge in [-0.2, -0.15) is 0 Å². The Bertz CT molecular complexity index is 505. The molecule has 0 bridgehead atoms. The summed E-state index contributed by atoms with van der Waals surface area (Å²) in [6.45, 7) is -0.327. The Morgan fingerprint density at radius 2 is 1.81 bits per heavy atom. The molecule has 2 rings (SSSR count). The maximum atomic E-state index is 11.0. The highest BCUT2D eigenvalue weighted by molar-refractivity contribution is 5.73. The SMILES string of the molecule is O=C(O)[C@H]1OC(Oc2ccccc2CO)[C@H](O)[C@@H](O)[C@@H]1O. The molecule has 1 aromatic rings. The number of hydrogen-bond acceptors (Lipinski definition) is 7.